The van der Waals surface area contributed by atoms with Gasteiger partial charge in [0.25, 0.3) is 5.91 Å². The maximum atomic E-state index is 13.1. The molecule has 0 unspecified atom stereocenters. The Balaban J connectivity index is 2.25. The first kappa shape index (κ1) is 24.8. The van der Waals surface area contributed by atoms with Crippen LogP contribution < -0.4 is 5.32 Å². The first-order valence-electron chi connectivity index (χ1n) is 9.08. The number of ether oxygens (including phenoxy) is 1. The summed E-state index contributed by atoms with van der Waals surface area (Å²) in [6.07, 6.45) is 1.27. The zero-order chi connectivity index (χ0) is 22.9. The third-order valence-electron chi connectivity index (χ3n) is 3.91. The molecule has 0 bridgehead atoms. The van der Waals surface area contributed by atoms with Crippen LogP contribution in [0.5, 0.6) is 0 Å². The number of carbonyl (C=O) groups is 1. The number of anilines is 1. The van der Waals surface area contributed by atoms with Crippen molar-refractivity contribution in [1.82, 2.24) is 9.29 Å². The van der Waals surface area contributed by atoms with Crippen molar-refractivity contribution in [2.45, 2.75) is 11.3 Å². The number of thiazole rings is 1. The fraction of sp³-hybridized carbons (Fsp3) is 0.389. The first-order valence-corrected chi connectivity index (χ1v) is 11.3. The molecule has 0 aliphatic carbocycles. The molecule has 0 saturated carbocycles. The van der Waals surface area contributed by atoms with E-state index in [4.69, 9.17) is 14.7 Å². The predicted octanol–water partition coefficient (Wildman–Crippen LogP) is 1.29. The monoisotopic (exact) mass is 474 g/mol. The highest BCUT2D eigenvalue weighted by Crippen LogP contribution is 2.18. The van der Waals surface area contributed by atoms with E-state index in [1.165, 1.54) is 38.4 Å². The van der Waals surface area contributed by atoms with E-state index in [0.717, 1.165) is 10.5 Å². The highest BCUT2D eigenvalue weighted by molar-refractivity contribution is 7.89. The molecular weight excluding hydrogens is 451 g/mol. The second-order valence-corrected chi connectivity index (χ2v) is 9.14. The molecule has 1 aromatic carbocycles. The van der Waals surface area contributed by atoms with Crippen LogP contribution in [0.15, 0.2) is 40.5 Å². The number of likely N-dealkylation sites (N-methyl/N-ethyl adjacent to an activating group) is 1. The van der Waals surface area contributed by atoms with Gasteiger partial charge in [-0.2, -0.15) is 8.70 Å². The number of rotatable bonds is 12. The third kappa shape index (κ3) is 7.04. The van der Waals surface area contributed by atoms with Crippen LogP contribution in [0.1, 0.15) is 12.0 Å². The Labute approximate surface area is 183 Å². The predicted molar refractivity (Wildman–Crippen MR) is 113 cm³/mol. The largest absolute Gasteiger partial charge is 0.396 e. The lowest BCUT2D eigenvalue weighted by molar-refractivity contribution is -0.110. The number of nitrogens with one attached hydrogen (secondary N) is 1. The molecule has 0 fully saturated rings. The average Bonchev–Trinajstić information content (AvgIpc) is 3.16. The molecule has 0 spiro atoms. The van der Waals surface area contributed by atoms with Gasteiger partial charge in [-0.25, -0.2) is 13.4 Å². The van der Waals surface area contributed by atoms with Crippen molar-refractivity contribution in [1.29, 1.82) is 0 Å². The summed E-state index contributed by atoms with van der Waals surface area (Å²) in [4.78, 5) is 21.4. The number of sulfonamides is 1. The Morgan fingerprint density at radius 1 is 1.32 bits per heavy atom. The molecule has 2 aromatic rings. The summed E-state index contributed by atoms with van der Waals surface area (Å²) in [5, 5.41) is 14.5. The standard InChI is InChI=1S/C18H23FN4O6S2/c1-23(8-11-28-2)31(26,27)14-6-4-13(5-7-14)16(22-29-10-3-9-24)17(25)21-18-20-12-15(19)30-18/h4-7,12,24H,3,8-11H2,1-2H3,(H,20,21,25). The Kier molecular flexibility index (Phi) is 9.45. The zero-order valence-corrected chi connectivity index (χ0v) is 18.6. The average molecular weight is 475 g/mol. The van der Waals surface area contributed by atoms with Gasteiger partial charge in [-0.05, 0) is 12.1 Å². The maximum Gasteiger partial charge on any atom is 0.280 e. The number of nitrogens with zero attached hydrogens (tertiary/aromatic N) is 3. The van der Waals surface area contributed by atoms with E-state index in [2.05, 4.69) is 15.5 Å². The fourth-order valence-electron chi connectivity index (χ4n) is 2.24. The van der Waals surface area contributed by atoms with Crippen molar-refractivity contribution >= 4 is 38.1 Å². The third-order valence-corrected chi connectivity index (χ3v) is 6.48. The minimum Gasteiger partial charge on any atom is -0.396 e. The smallest absolute Gasteiger partial charge is 0.280 e. The number of benzene rings is 1. The van der Waals surface area contributed by atoms with E-state index >= 15 is 0 Å². The molecule has 0 atom stereocenters. The Morgan fingerprint density at radius 2 is 2.03 bits per heavy atom. The van der Waals surface area contributed by atoms with Crippen molar-refractivity contribution < 1.29 is 32.3 Å². The van der Waals surface area contributed by atoms with Crippen LogP contribution in [-0.4, -0.2) is 75.0 Å². The summed E-state index contributed by atoms with van der Waals surface area (Å²) < 4.78 is 44.4. The van der Waals surface area contributed by atoms with E-state index in [9.17, 15) is 17.6 Å². The lowest BCUT2D eigenvalue weighted by Gasteiger charge is -2.17. The van der Waals surface area contributed by atoms with Crippen molar-refractivity contribution in [3.8, 4) is 0 Å². The Hall–Kier alpha value is -2.45. The molecular formula is C18H23FN4O6S2. The van der Waals surface area contributed by atoms with E-state index in [0.29, 0.717) is 17.8 Å². The first-order chi connectivity index (χ1) is 14.8. The van der Waals surface area contributed by atoms with Gasteiger partial charge in [-0.15, -0.1) is 0 Å². The van der Waals surface area contributed by atoms with Gasteiger partial charge in [-0.1, -0.05) is 28.6 Å². The number of aromatic nitrogens is 1. The van der Waals surface area contributed by atoms with Crippen LogP contribution in [0.4, 0.5) is 9.52 Å². The topological polar surface area (TPSA) is 130 Å². The minimum absolute atomic E-state index is 0.0257. The molecule has 0 radical (unpaired) electrons. The molecule has 2 rings (SSSR count). The number of halogens is 1. The van der Waals surface area contributed by atoms with Gasteiger partial charge >= 0.3 is 0 Å². The van der Waals surface area contributed by atoms with Crippen LogP contribution in [-0.2, 0) is 24.4 Å². The molecule has 1 amide bonds. The zero-order valence-electron chi connectivity index (χ0n) is 16.9. The quantitative estimate of drug-likeness (QED) is 0.269. The number of aliphatic hydroxyl groups is 1. The van der Waals surface area contributed by atoms with Gasteiger partial charge in [0.05, 0.1) is 17.7 Å². The lowest BCUT2D eigenvalue weighted by Crippen LogP contribution is -2.30. The molecule has 13 heteroatoms. The van der Waals surface area contributed by atoms with Gasteiger partial charge in [0.15, 0.2) is 16.0 Å². The molecule has 0 aliphatic rings. The van der Waals surface area contributed by atoms with E-state index < -0.39 is 21.1 Å². The van der Waals surface area contributed by atoms with Crippen molar-refractivity contribution in [3.05, 3.63) is 41.2 Å². The van der Waals surface area contributed by atoms with Gasteiger partial charge in [0, 0.05) is 39.3 Å². The van der Waals surface area contributed by atoms with Gasteiger partial charge in [0.1, 0.15) is 6.61 Å². The second kappa shape index (κ2) is 11.8. The number of oxime groups is 1. The number of carbonyl (C=O) groups excluding carboxylic acids is 1. The molecule has 1 heterocycles. The van der Waals surface area contributed by atoms with E-state index in [1.807, 2.05) is 0 Å². The van der Waals surface area contributed by atoms with Crippen LogP contribution in [0, 0.1) is 5.13 Å². The summed E-state index contributed by atoms with van der Waals surface area (Å²) in [6.45, 7) is 0.376. The number of methoxy groups -OCH3 is 1. The normalized spacial score (nSPS) is 12.2. The van der Waals surface area contributed by atoms with Gasteiger partial charge < -0.3 is 14.7 Å². The molecule has 170 valence electrons. The van der Waals surface area contributed by atoms with Gasteiger partial charge in [-0.3, -0.25) is 10.1 Å². The highest BCUT2D eigenvalue weighted by atomic mass is 32.2. The summed E-state index contributed by atoms with van der Waals surface area (Å²) in [7, 11) is -0.829. The SMILES string of the molecule is COCCN(C)S(=O)(=O)c1ccc(C(=NOCCCO)C(=O)Nc2ncc(F)s2)cc1. The fourth-order valence-corrected chi connectivity index (χ4v) is 3.93. The molecule has 1 aromatic heterocycles. The van der Waals surface area contributed by atoms with Crippen LogP contribution in [0.25, 0.3) is 0 Å². The van der Waals surface area contributed by atoms with E-state index in [-0.39, 0.29) is 47.7 Å². The summed E-state index contributed by atoms with van der Waals surface area (Å²) in [5.74, 6) is -0.717. The Bertz CT molecular complexity index is 995. The maximum absolute atomic E-state index is 13.1. The molecule has 31 heavy (non-hydrogen) atoms. The lowest BCUT2D eigenvalue weighted by atomic mass is 10.1. The van der Waals surface area contributed by atoms with Gasteiger partial charge in [0.2, 0.25) is 10.0 Å². The highest BCUT2D eigenvalue weighted by Gasteiger charge is 2.22. The molecule has 10 nitrogen and oxygen atoms in total. The Morgan fingerprint density at radius 3 is 2.61 bits per heavy atom. The van der Waals surface area contributed by atoms with E-state index in [1.54, 1.807) is 0 Å². The molecule has 2 N–H and O–H groups in total. The number of hydrogen-bond acceptors (Lipinski definition) is 9. The number of amides is 1. The van der Waals surface area contributed by atoms with Crippen molar-refractivity contribution in [3.63, 3.8) is 0 Å². The minimum atomic E-state index is -3.74. The summed E-state index contributed by atoms with van der Waals surface area (Å²) >= 11 is 0.642. The summed E-state index contributed by atoms with van der Waals surface area (Å²) in [6, 6.07) is 5.50. The number of hydrogen-bond donors (Lipinski definition) is 2. The van der Waals surface area contributed by atoms with Crippen molar-refractivity contribution in [2.75, 3.05) is 45.8 Å². The van der Waals surface area contributed by atoms with Crippen LogP contribution in [0.2, 0.25) is 0 Å². The second-order valence-electron chi connectivity index (χ2n) is 6.12. The molecule has 0 aliphatic heterocycles. The van der Waals surface area contributed by atoms with Crippen LogP contribution >= 0.6 is 11.3 Å². The molecule has 0 saturated heterocycles. The number of aliphatic hydroxyl groups excluding tert-OH is 1. The van der Waals surface area contributed by atoms with Crippen molar-refractivity contribution in [2.24, 2.45) is 5.16 Å². The van der Waals surface area contributed by atoms with Crippen LogP contribution in [0.3, 0.4) is 0 Å². The summed E-state index contributed by atoms with van der Waals surface area (Å²) in [5.41, 5.74) is 0.113.